The summed E-state index contributed by atoms with van der Waals surface area (Å²) in [6.07, 6.45) is 1.46. The molecule has 1 saturated heterocycles. The Labute approximate surface area is 168 Å². The lowest BCUT2D eigenvalue weighted by Crippen LogP contribution is -2.33. The van der Waals surface area contributed by atoms with Gasteiger partial charge in [0.2, 0.25) is 0 Å². The van der Waals surface area contributed by atoms with Crippen LogP contribution >= 0.6 is 11.8 Å². The van der Waals surface area contributed by atoms with Gasteiger partial charge in [-0.2, -0.15) is 0 Å². The van der Waals surface area contributed by atoms with Crippen molar-refractivity contribution in [3.05, 3.63) is 75.3 Å². The van der Waals surface area contributed by atoms with Gasteiger partial charge in [0.1, 0.15) is 17.9 Å². The standard InChI is InChI=1S/C21H13NO6S/c23-15-10-17(13-4-2-1-3-5-13)28-16-7-6-12(8-14(15)16)9-18-20(26)22(11-19(24)25)21(27)29-18/h1-10H,11H2,(H,24,25)/b18-9-. The van der Waals surface area contributed by atoms with Gasteiger partial charge < -0.3 is 9.52 Å². The number of carboxylic acid groups (broad SMARTS) is 1. The molecule has 144 valence electrons. The van der Waals surface area contributed by atoms with Crippen LogP contribution < -0.4 is 5.43 Å². The number of rotatable bonds is 4. The van der Waals surface area contributed by atoms with E-state index in [9.17, 15) is 19.2 Å². The molecule has 0 aliphatic carbocycles. The van der Waals surface area contributed by atoms with Gasteiger partial charge in [-0.15, -0.1) is 0 Å². The van der Waals surface area contributed by atoms with Crippen molar-refractivity contribution in [2.45, 2.75) is 0 Å². The van der Waals surface area contributed by atoms with Crippen molar-refractivity contribution >= 4 is 45.9 Å². The number of thioether (sulfide) groups is 1. The van der Waals surface area contributed by atoms with E-state index in [-0.39, 0.29) is 10.3 Å². The minimum Gasteiger partial charge on any atom is -0.480 e. The average molecular weight is 407 g/mol. The van der Waals surface area contributed by atoms with Gasteiger partial charge in [0, 0.05) is 11.6 Å². The largest absolute Gasteiger partial charge is 0.480 e. The van der Waals surface area contributed by atoms with E-state index in [1.165, 1.54) is 12.1 Å². The van der Waals surface area contributed by atoms with Gasteiger partial charge in [-0.3, -0.25) is 24.1 Å². The fraction of sp³-hybridized carbons (Fsp3) is 0.0476. The molecule has 1 aromatic heterocycles. The lowest BCUT2D eigenvalue weighted by Gasteiger charge is -2.07. The molecule has 2 amide bonds. The highest BCUT2D eigenvalue weighted by Crippen LogP contribution is 2.32. The second-order valence-corrected chi connectivity index (χ2v) is 7.25. The zero-order valence-corrected chi connectivity index (χ0v) is 15.6. The Hall–Kier alpha value is -3.65. The smallest absolute Gasteiger partial charge is 0.323 e. The number of hydrogen-bond donors (Lipinski definition) is 1. The third kappa shape index (κ3) is 3.70. The van der Waals surface area contributed by atoms with E-state index in [2.05, 4.69) is 0 Å². The fourth-order valence-corrected chi connectivity index (χ4v) is 3.77. The molecule has 8 heteroatoms. The number of carboxylic acids is 1. The number of carbonyl (C=O) groups is 3. The van der Waals surface area contributed by atoms with Crippen LogP contribution in [0.5, 0.6) is 0 Å². The van der Waals surface area contributed by atoms with Gasteiger partial charge in [-0.05, 0) is 35.5 Å². The molecule has 1 aliphatic heterocycles. The topological polar surface area (TPSA) is 105 Å². The first-order valence-corrected chi connectivity index (χ1v) is 9.34. The van der Waals surface area contributed by atoms with Crippen LogP contribution in [0.4, 0.5) is 4.79 Å². The van der Waals surface area contributed by atoms with Crippen molar-refractivity contribution in [1.82, 2.24) is 4.90 Å². The summed E-state index contributed by atoms with van der Waals surface area (Å²) in [6, 6.07) is 15.5. The molecule has 0 atom stereocenters. The monoisotopic (exact) mass is 407 g/mol. The number of aliphatic carboxylic acids is 1. The second kappa shape index (κ2) is 7.40. The zero-order chi connectivity index (χ0) is 20.5. The van der Waals surface area contributed by atoms with Crippen molar-refractivity contribution in [1.29, 1.82) is 0 Å². The van der Waals surface area contributed by atoms with Crippen molar-refractivity contribution < 1.29 is 23.9 Å². The molecule has 4 rings (SSSR count). The summed E-state index contributed by atoms with van der Waals surface area (Å²) in [5.41, 5.74) is 1.47. The van der Waals surface area contributed by atoms with Crippen molar-refractivity contribution in [3.8, 4) is 11.3 Å². The van der Waals surface area contributed by atoms with Crippen molar-refractivity contribution in [3.63, 3.8) is 0 Å². The van der Waals surface area contributed by atoms with Crippen LogP contribution in [0.3, 0.4) is 0 Å². The maximum atomic E-state index is 12.6. The Morgan fingerprint density at radius 2 is 1.83 bits per heavy atom. The highest BCUT2D eigenvalue weighted by molar-refractivity contribution is 8.18. The van der Waals surface area contributed by atoms with E-state index >= 15 is 0 Å². The summed E-state index contributed by atoms with van der Waals surface area (Å²) in [5, 5.41) is 8.51. The molecule has 0 saturated carbocycles. The average Bonchev–Trinajstić information content (AvgIpc) is 2.96. The number of imide groups is 1. The Balaban J connectivity index is 1.70. The first kappa shape index (κ1) is 18.7. The van der Waals surface area contributed by atoms with Crippen LogP contribution in [0.2, 0.25) is 0 Å². The molecule has 2 aromatic carbocycles. The molecule has 3 aromatic rings. The molecule has 0 unspecified atom stereocenters. The molecule has 0 radical (unpaired) electrons. The molecule has 1 aliphatic rings. The van der Waals surface area contributed by atoms with E-state index in [0.717, 1.165) is 5.56 Å². The second-order valence-electron chi connectivity index (χ2n) is 6.26. The van der Waals surface area contributed by atoms with Crippen molar-refractivity contribution in [2.24, 2.45) is 0 Å². The van der Waals surface area contributed by atoms with E-state index in [4.69, 9.17) is 9.52 Å². The zero-order valence-electron chi connectivity index (χ0n) is 14.8. The van der Waals surface area contributed by atoms with Crippen LogP contribution in [0.15, 0.2) is 68.7 Å². The lowest BCUT2D eigenvalue weighted by atomic mass is 10.1. The molecule has 2 heterocycles. The van der Waals surface area contributed by atoms with Gasteiger partial charge in [-0.1, -0.05) is 36.4 Å². The number of amides is 2. The number of carbonyl (C=O) groups excluding carboxylic acids is 2. The Kier molecular flexibility index (Phi) is 4.77. The maximum Gasteiger partial charge on any atom is 0.323 e. The van der Waals surface area contributed by atoms with Gasteiger partial charge in [0.25, 0.3) is 11.1 Å². The highest BCUT2D eigenvalue weighted by Gasteiger charge is 2.36. The predicted molar refractivity (Wildman–Crippen MR) is 108 cm³/mol. The third-order valence-electron chi connectivity index (χ3n) is 4.27. The Bertz CT molecular complexity index is 1250. The predicted octanol–water partition coefficient (Wildman–Crippen LogP) is 3.58. The molecule has 29 heavy (non-hydrogen) atoms. The molecule has 1 fully saturated rings. The highest BCUT2D eigenvalue weighted by atomic mass is 32.2. The molecular weight excluding hydrogens is 394 g/mol. The number of hydrogen-bond acceptors (Lipinski definition) is 6. The summed E-state index contributed by atoms with van der Waals surface area (Å²) < 4.78 is 5.83. The summed E-state index contributed by atoms with van der Waals surface area (Å²) in [6.45, 7) is -0.689. The van der Waals surface area contributed by atoms with Crippen LogP contribution in [0.1, 0.15) is 5.56 Å². The molecular formula is C21H13NO6S. The van der Waals surface area contributed by atoms with Gasteiger partial charge >= 0.3 is 5.97 Å². The molecule has 1 N–H and O–H groups in total. The number of benzene rings is 2. The lowest BCUT2D eigenvalue weighted by molar-refractivity contribution is -0.140. The summed E-state index contributed by atoms with van der Waals surface area (Å²) in [5.74, 6) is -1.49. The Morgan fingerprint density at radius 3 is 2.55 bits per heavy atom. The molecule has 0 spiro atoms. The quantitative estimate of drug-likeness (QED) is 0.659. The van der Waals surface area contributed by atoms with E-state index in [0.29, 0.717) is 39.0 Å². The summed E-state index contributed by atoms with van der Waals surface area (Å²) >= 11 is 0.662. The molecule has 7 nitrogen and oxygen atoms in total. The maximum absolute atomic E-state index is 12.6. The molecule has 0 bridgehead atoms. The summed E-state index contributed by atoms with van der Waals surface area (Å²) in [4.78, 5) is 48.3. The van der Waals surface area contributed by atoms with Gasteiger partial charge in [0.05, 0.1) is 10.3 Å². The minimum atomic E-state index is -1.27. The van der Waals surface area contributed by atoms with Crippen LogP contribution in [-0.4, -0.2) is 33.7 Å². The summed E-state index contributed by atoms with van der Waals surface area (Å²) in [7, 11) is 0. The van der Waals surface area contributed by atoms with E-state index in [1.54, 1.807) is 18.2 Å². The fourth-order valence-electron chi connectivity index (χ4n) is 2.93. The van der Waals surface area contributed by atoms with Crippen LogP contribution in [-0.2, 0) is 9.59 Å². The van der Waals surface area contributed by atoms with Gasteiger partial charge in [0.15, 0.2) is 5.43 Å². The van der Waals surface area contributed by atoms with Crippen molar-refractivity contribution in [2.75, 3.05) is 6.54 Å². The minimum absolute atomic E-state index is 0.0980. The van der Waals surface area contributed by atoms with Gasteiger partial charge in [-0.25, -0.2) is 0 Å². The first-order chi connectivity index (χ1) is 13.9. The van der Waals surface area contributed by atoms with E-state index < -0.39 is 23.7 Å². The van der Waals surface area contributed by atoms with Crippen LogP contribution in [0.25, 0.3) is 28.4 Å². The van der Waals surface area contributed by atoms with E-state index in [1.807, 2.05) is 30.3 Å². The normalized spacial score (nSPS) is 15.4. The number of fused-ring (bicyclic) bond motifs is 1. The number of nitrogens with zero attached hydrogens (tertiary/aromatic N) is 1. The van der Waals surface area contributed by atoms with Crippen LogP contribution in [0, 0.1) is 0 Å². The SMILES string of the molecule is O=C(O)CN1C(=O)S/C(=C\c2ccc3oc(-c4ccccc4)cc(=O)c3c2)C1=O. The third-order valence-corrected chi connectivity index (χ3v) is 5.18. The first-order valence-electron chi connectivity index (χ1n) is 8.53. The Morgan fingerprint density at radius 1 is 1.07 bits per heavy atom.